The smallest absolute Gasteiger partial charge is 0.138 e. The molecule has 0 amide bonds. The fourth-order valence-electron chi connectivity index (χ4n) is 3.40. The van der Waals surface area contributed by atoms with Gasteiger partial charge in [-0.3, -0.25) is 0 Å². The van der Waals surface area contributed by atoms with Crippen molar-refractivity contribution >= 4 is 12.0 Å². The van der Waals surface area contributed by atoms with Crippen molar-refractivity contribution in [1.29, 1.82) is 0 Å². The molecule has 1 atom stereocenters. The van der Waals surface area contributed by atoms with E-state index in [0.717, 1.165) is 41.8 Å². The Hall–Kier alpha value is -2.49. The quantitative estimate of drug-likeness (QED) is 0.579. The highest BCUT2D eigenvalue weighted by Gasteiger charge is 2.44. The van der Waals surface area contributed by atoms with Gasteiger partial charge in [-0.05, 0) is 24.1 Å². The third kappa shape index (κ3) is 3.21. The zero-order chi connectivity index (χ0) is 17.7. The lowest BCUT2D eigenvalue weighted by molar-refractivity contribution is -0.111. The lowest BCUT2D eigenvalue weighted by Gasteiger charge is -2.25. The van der Waals surface area contributed by atoms with Crippen molar-refractivity contribution in [1.82, 2.24) is 0 Å². The fourth-order valence-corrected chi connectivity index (χ4v) is 3.40. The Morgan fingerprint density at radius 1 is 1.20 bits per heavy atom. The number of aldehydes is 1. The molecule has 1 heterocycles. The molecule has 0 fully saturated rings. The summed E-state index contributed by atoms with van der Waals surface area (Å²) in [5.74, 6) is 1.44. The fraction of sp³-hybridized carbons (Fsp3) is 0.381. The van der Waals surface area contributed by atoms with Crippen molar-refractivity contribution < 1.29 is 14.3 Å². The Bertz CT molecular complexity index is 744. The van der Waals surface area contributed by atoms with Crippen LogP contribution in [-0.4, -0.2) is 26.5 Å². The Morgan fingerprint density at radius 2 is 2.04 bits per heavy atom. The van der Waals surface area contributed by atoms with Gasteiger partial charge in [0.1, 0.15) is 29.8 Å². The van der Waals surface area contributed by atoms with Crippen molar-refractivity contribution in [3.8, 4) is 11.5 Å². The molecule has 1 N–H and O–H groups in total. The largest absolute Gasteiger partial charge is 0.497 e. The number of methoxy groups -OCH3 is 1. The van der Waals surface area contributed by atoms with Gasteiger partial charge in [-0.1, -0.05) is 44.0 Å². The standard InChI is InChI=1S/C21H25NO3/c1-3-4-7-12-22-19-9-6-5-8-17(19)21(14-23)15-25-20-13-16(24-2)10-11-18(20)21/h5-6,8-11,13-14,22H,3-4,7,12,15H2,1-2H3. The van der Waals surface area contributed by atoms with E-state index in [1.165, 1.54) is 12.8 Å². The first kappa shape index (κ1) is 17.3. The highest BCUT2D eigenvalue weighted by molar-refractivity contribution is 5.82. The van der Waals surface area contributed by atoms with Gasteiger partial charge in [0.2, 0.25) is 0 Å². The third-order valence-electron chi connectivity index (χ3n) is 4.83. The second kappa shape index (κ2) is 7.60. The van der Waals surface area contributed by atoms with E-state index in [9.17, 15) is 4.79 Å². The molecule has 4 heteroatoms. The van der Waals surface area contributed by atoms with Crippen LogP contribution in [-0.2, 0) is 10.2 Å². The van der Waals surface area contributed by atoms with Gasteiger partial charge in [0.15, 0.2) is 0 Å². The molecule has 1 unspecified atom stereocenters. The van der Waals surface area contributed by atoms with Crippen LogP contribution in [0.15, 0.2) is 42.5 Å². The molecular formula is C21H25NO3. The average molecular weight is 339 g/mol. The van der Waals surface area contributed by atoms with Crippen LogP contribution in [0.5, 0.6) is 11.5 Å². The first-order valence-electron chi connectivity index (χ1n) is 8.86. The molecule has 2 aromatic carbocycles. The summed E-state index contributed by atoms with van der Waals surface area (Å²) in [4.78, 5) is 12.2. The molecule has 0 aliphatic carbocycles. The van der Waals surface area contributed by atoms with E-state index in [1.807, 2.05) is 42.5 Å². The summed E-state index contributed by atoms with van der Waals surface area (Å²) >= 11 is 0. The predicted octanol–water partition coefficient (Wildman–Crippen LogP) is 4.17. The molecule has 0 aromatic heterocycles. The zero-order valence-electron chi connectivity index (χ0n) is 14.9. The molecule has 4 nitrogen and oxygen atoms in total. The van der Waals surface area contributed by atoms with Gasteiger partial charge in [-0.15, -0.1) is 0 Å². The monoisotopic (exact) mass is 339 g/mol. The van der Waals surface area contributed by atoms with Gasteiger partial charge in [-0.25, -0.2) is 0 Å². The van der Waals surface area contributed by atoms with Crippen LogP contribution in [0.2, 0.25) is 0 Å². The maximum absolute atomic E-state index is 12.2. The molecule has 3 rings (SSSR count). The first-order valence-corrected chi connectivity index (χ1v) is 8.86. The maximum atomic E-state index is 12.2. The number of fused-ring (bicyclic) bond motifs is 1. The van der Waals surface area contributed by atoms with Crippen molar-refractivity contribution in [2.75, 3.05) is 25.6 Å². The van der Waals surface area contributed by atoms with Crippen LogP contribution in [0, 0.1) is 0 Å². The molecule has 0 spiro atoms. The SMILES string of the molecule is CCCCCNc1ccccc1C1(C=O)COc2cc(OC)ccc21. The summed E-state index contributed by atoms with van der Waals surface area (Å²) in [5.41, 5.74) is 2.07. The molecule has 0 radical (unpaired) electrons. The van der Waals surface area contributed by atoms with E-state index in [-0.39, 0.29) is 0 Å². The second-order valence-corrected chi connectivity index (χ2v) is 6.42. The molecular weight excluding hydrogens is 314 g/mol. The number of carbonyl (C=O) groups is 1. The molecule has 2 aromatic rings. The number of carbonyl (C=O) groups excluding carboxylic acids is 1. The van der Waals surface area contributed by atoms with E-state index in [0.29, 0.717) is 12.4 Å². The molecule has 1 aliphatic heterocycles. The molecule has 132 valence electrons. The predicted molar refractivity (Wildman–Crippen MR) is 99.8 cm³/mol. The van der Waals surface area contributed by atoms with E-state index in [1.54, 1.807) is 7.11 Å². The molecule has 0 bridgehead atoms. The third-order valence-corrected chi connectivity index (χ3v) is 4.83. The number of unbranched alkanes of at least 4 members (excludes halogenated alkanes) is 2. The summed E-state index contributed by atoms with van der Waals surface area (Å²) in [6.07, 6.45) is 4.51. The average Bonchev–Trinajstić information content (AvgIpc) is 3.04. The topological polar surface area (TPSA) is 47.6 Å². The van der Waals surface area contributed by atoms with Crippen molar-refractivity contribution in [3.05, 3.63) is 53.6 Å². The van der Waals surface area contributed by atoms with Crippen LogP contribution in [0.4, 0.5) is 5.69 Å². The van der Waals surface area contributed by atoms with Gasteiger partial charge in [0, 0.05) is 23.9 Å². The van der Waals surface area contributed by atoms with Gasteiger partial charge >= 0.3 is 0 Å². The van der Waals surface area contributed by atoms with Crippen LogP contribution >= 0.6 is 0 Å². The van der Waals surface area contributed by atoms with Crippen molar-refractivity contribution in [3.63, 3.8) is 0 Å². The first-order chi connectivity index (χ1) is 12.2. The highest BCUT2D eigenvalue weighted by atomic mass is 16.5. The van der Waals surface area contributed by atoms with Gasteiger partial charge in [0.25, 0.3) is 0 Å². The molecule has 25 heavy (non-hydrogen) atoms. The molecule has 0 saturated carbocycles. The lowest BCUT2D eigenvalue weighted by atomic mass is 9.76. The minimum Gasteiger partial charge on any atom is -0.497 e. The summed E-state index contributed by atoms with van der Waals surface area (Å²) < 4.78 is 11.1. The van der Waals surface area contributed by atoms with Gasteiger partial charge < -0.3 is 19.6 Å². The number of benzene rings is 2. The number of hydrogen-bond acceptors (Lipinski definition) is 4. The lowest BCUT2D eigenvalue weighted by Crippen LogP contribution is -2.32. The minimum atomic E-state index is -0.782. The van der Waals surface area contributed by atoms with Crippen LogP contribution < -0.4 is 14.8 Å². The summed E-state index contributed by atoms with van der Waals surface area (Å²) in [5, 5.41) is 3.50. The van der Waals surface area contributed by atoms with Crippen LogP contribution in [0.25, 0.3) is 0 Å². The number of para-hydroxylation sites is 1. The number of anilines is 1. The normalized spacial score (nSPS) is 18.3. The number of hydrogen-bond donors (Lipinski definition) is 1. The second-order valence-electron chi connectivity index (χ2n) is 6.42. The van der Waals surface area contributed by atoms with Gasteiger partial charge in [0.05, 0.1) is 7.11 Å². The van der Waals surface area contributed by atoms with Crippen molar-refractivity contribution in [2.45, 2.75) is 31.6 Å². The summed E-state index contributed by atoms with van der Waals surface area (Å²) in [6, 6.07) is 13.7. The Balaban J connectivity index is 1.97. The van der Waals surface area contributed by atoms with Crippen LogP contribution in [0.1, 0.15) is 37.3 Å². The molecule has 0 saturated heterocycles. The van der Waals surface area contributed by atoms with E-state index < -0.39 is 5.41 Å². The Labute approximate surface area is 149 Å². The highest BCUT2D eigenvalue weighted by Crippen LogP contribution is 2.45. The van der Waals surface area contributed by atoms with E-state index in [2.05, 4.69) is 12.2 Å². The Morgan fingerprint density at radius 3 is 2.80 bits per heavy atom. The number of ether oxygens (including phenoxy) is 2. The summed E-state index contributed by atoms with van der Waals surface area (Å²) in [6.45, 7) is 3.40. The Kier molecular flexibility index (Phi) is 5.27. The van der Waals surface area contributed by atoms with E-state index >= 15 is 0 Å². The van der Waals surface area contributed by atoms with Gasteiger partial charge in [-0.2, -0.15) is 0 Å². The van der Waals surface area contributed by atoms with Crippen molar-refractivity contribution in [2.24, 2.45) is 0 Å². The maximum Gasteiger partial charge on any atom is 0.138 e. The molecule has 1 aliphatic rings. The zero-order valence-corrected chi connectivity index (χ0v) is 14.9. The minimum absolute atomic E-state index is 0.312. The van der Waals surface area contributed by atoms with Crippen LogP contribution in [0.3, 0.4) is 0 Å². The number of nitrogens with one attached hydrogen (secondary N) is 1. The van der Waals surface area contributed by atoms with E-state index in [4.69, 9.17) is 9.47 Å². The number of rotatable bonds is 8. The summed E-state index contributed by atoms with van der Waals surface area (Å²) in [7, 11) is 1.62.